The van der Waals surface area contributed by atoms with Gasteiger partial charge in [-0.05, 0) is 122 Å². The first kappa shape index (κ1) is 32.2. The highest BCUT2D eigenvalue weighted by Crippen LogP contribution is 2.48. The van der Waals surface area contributed by atoms with Crippen LogP contribution in [0.1, 0.15) is 0 Å². The van der Waals surface area contributed by atoms with E-state index in [-0.39, 0.29) is 0 Å². The zero-order chi connectivity index (χ0) is 37.0. The van der Waals surface area contributed by atoms with Gasteiger partial charge in [-0.25, -0.2) is 0 Å². The first-order valence-electron chi connectivity index (χ1n) is 19.4. The van der Waals surface area contributed by atoms with Gasteiger partial charge in [0.1, 0.15) is 0 Å². The van der Waals surface area contributed by atoms with Crippen LogP contribution in [0.25, 0.3) is 109 Å². The zero-order valence-corrected chi connectivity index (χ0v) is 30.8. The van der Waals surface area contributed by atoms with E-state index in [4.69, 9.17) is 0 Å². The van der Waals surface area contributed by atoms with Crippen molar-refractivity contribution in [1.29, 1.82) is 0 Å². The molecule has 0 nitrogen and oxygen atoms in total. The average molecular weight is 709 g/mol. The lowest BCUT2D eigenvalue weighted by molar-refractivity contribution is 1.61. The Labute approximate surface area is 326 Å². The SMILES string of the molecule is c1cc(-c2cccc3ccccc23)cc(-c2c3ccccc3c(-c3cccc4ccccc34)c3ccc(-c4ccccc4-c4cccc5ccccc45)cc23)c1. The molecule has 0 aliphatic rings. The Hall–Kier alpha value is -7.28. The topological polar surface area (TPSA) is 0 Å². The molecule has 0 aliphatic carbocycles. The molecule has 0 fully saturated rings. The Balaban J connectivity index is 1.23. The van der Waals surface area contributed by atoms with Crippen LogP contribution in [0.15, 0.2) is 218 Å². The molecule has 11 aromatic rings. The van der Waals surface area contributed by atoms with Crippen LogP contribution in [0, 0.1) is 0 Å². The summed E-state index contributed by atoms with van der Waals surface area (Å²) in [5, 5.41) is 12.5. The maximum Gasteiger partial charge on any atom is -0.00201 e. The first-order valence-corrected chi connectivity index (χ1v) is 19.4. The van der Waals surface area contributed by atoms with Crippen LogP contribution in [-0.4, -0.2) is 0 Å². The number of benzene rings is 11. The molecular formula is C56H36. The normalized spacial score (nSPS) is 11.6. The van der Waals surface area contributed by atoms with E-state index in [0.717, 1.165) is 0 Å². The minimum absolute atomic E-state index is 1.20. The molecule has 11 aromatic carbocycles. The molecule has 0 aliphatic heterocycles. The molecule has 0 atom stereocenters. The summed E-state index contributed by atoms with van der Waals surface area (Å²) in [6.45, 7) is 0. The van der Waals surface area contributed by atoms with Gasteiger partial charge in [-0.3, -0.25) is 0 Å². The fourth-order valence-electron chi connectivity index (χ4n) is 9.14. The van der Waals surface area contributed by atoms with Gasteiger partial charge in [-0.15, -0.1) is 0 Å². The van der Waals surface area contributed by atoms with Crippen LogP contribution in [0.4, 0.5) is 0 Å². The monoisotopic (exact) mass is 708 g/mol. The van der Waals surface area contributed by atoms with Crippen molar-refractivity contribution in [1.82, 2.24) is 0 Å². The second-order valence-electron chi connectivity index (χ2n) is 14.8. The van der Waals surface area contributed by atoms with Crippen molar-refractivity contribution < 1.29 is 0 Å². The molecule has 0 amide bonds. The van der Waals surface area contributed by atoms with E-state index in [0.29, 0.717) is 0 Å². The highest BCUT2D eigenvalue weighted by atomic mass is 14.2. The molecular weight excluding hydrogens is 673 g/mol. The smallest absolute Gasteiger partial charge is 0.00201 e. The molecule has 0 aromatic heterocycles. The zero-order valence-electron chi connectivity index (χ0n) is 30.8. The van der Waals surface area contributed by atoms with E-state index in [2.05, 4.69) is 218 Å². The number of fused-ring (bicyclic) bond motifs is 5. The molecule has 0 bridgehead atoms. The molecule has 0 saturated carbocycles. The van der Waals surface area contributed by atoms with E-state index in [9.17, 15) is 0 Å². The van der Waals surface area contributed by atoms with Gasteiger partial charge < -0.3 is 0 Å². The fourth-order valence-corrected chi connectivity index (χ4v) is 9.14. The highest BCUT2D eigenvalue weighted by molar-refractivity contribution is 6.24. The Morgan fingerprint density at radius 1 is 0.179 bits per heavy atom. The maximum absolute atomic E-state index is 2.46. The Kier molecular flexibility index (Phi) is 7.60. The van der Waals surface area contributed by atoms with Crippen molar-refractivity contribution in [2.75, 3.05) is 0 Å². The lowest BCUT2D eigenvalue weighted by atomic mass is 9.82. The van der Waals surface area contributed by atoms with Gasteiger partial charge in [0.15, 0.2) is 0 Å². The molecule has 0 heterocycles. The Morgan fingerprint density at radius 3 is 1.27 bits per heavy atom. The predicted octanol–water partition coefficient (Wildman–Crippen LogP) is 15.8. The number of hydrogen-bond donors (Lipinski definition) is 0. The van der Waals surface area contributed by atoms with Crippen LogP contribution >= 0.6 is 0 Å². The molecule has 56 heavy (non-hydrogen) atoms. The van der Waals surface area contributed by atoms with Gasteiger partial charge in [-0.1, -0.05) is 206 Å². The van der Waals surface area contributed by atoms with Crippen molar-refractivity contribution in [2.45, 2.75) is 0 Å². The Bertz CT molecular complexity index is 3290. The maximum atomic E-state index is 2.46. The van der Waals surface area contributed by atoms with E-state index in [1.165, 1.54) is 109 Å². The average Bonchev–Trinajstić information content (AvgIpc) is 3.27. The fraction of sp³-hybridized carbons (Fsp3) is 0. The Morgan fingerprint density at radius 2 is 0.589 bits per heavy atom. The van der Waals surface area contributed by atoms with Gasteiger partial charge >= 0.3 is 0 Å². The quantitative estimate of drug-likeness (QED) is 0.156. The summed E-state index contributed by atoms with van der Waals surface area (Å²) in [4.78, 5) is 0. The van der Waals surface area contributed by atoms with Crippen molar-refractivity contribution >= 4 is 53.9 Å². The lowest BCUT2D eigenvalue weighted by Crippen LogP contribution is -1.93. The summed E-state index contributed by atoms with van der Waals surface area (Å²) in [6, 6.07) is 80.5. The first-order chi connectivity index (χ1) is 27.8. The number of hydrogen-bond acceptors (Lipinski definition) is 0. The van der Waals surface area contributed by atoms with Crippen molar-refractivity contribution in [3.63, 3.8) is 0 Å². The van der Waals surface area contributed by atoms with Crippen molar-refractivity contribution in [3.05, 3.63) is 218 Å². The summed E-state index contributed by atoms with van der Waals surface area (Å²) in [6.07, 6.45) is 0. The van der Waals surface area contributed by atoms with Crippen molar-refractivity contribution in [2.24, 2.45) is 0 Å². The molecule has 0 N–H and O–H groups in total. The third kappa shape index (κ3) is 5.22. The van der Waals surface area contributed by atoms with E-state index >= 15 is 0 Å². The second kappa shape index (κ2) is 13.2. The summed E-state index contributed by atoms with van der Waals surface area (Å²) < 4.78 is 0. The molecule has 11 rings (SSSR count). The van der Waals surface area contributed by atoms with Crippen molar-refractivity contribution in [3.8, 4) is 55.6 Å². The predicted molar refractivity (Wildman–Crippen MR) is 241 cm³/mol. The minimum Gasteiger partial charge on any atom is -0.0616 e. The summed E-state index contributed by atoms with van der Waals surface area (Å²) in [5.41, 5.74) is 12.4. The summed E-state index contributed by atoms with van der Waals surface area (Å²) >= 11 is 0. The summed E-state index contributed by atoms with van der Waals surface area (Å²) in [7, 11) is 0. The molecule has 0 saturated heterocycles. The lowest BCUT2D eigenvalue weighted by Gasteiger charge is -2.21. The molecule has 0 heteroatoms. The number of rotatable bonds is 5. The van der Waals surface area contributed by atoms with Crippen LogP contribution in [0.5, 0.6) is 0 Å². The van der Waals surface area contributed by atoms with Crippen LogP contribution in [0.2, 0.25) is 0 Å². The standard InChI is InChI=1S/C56H36/c1-4-23-43-37(15-1)18-12-30-46(43)40-21-11-22-42(35-40)55-51-28-9-10-29-52(51)56(50-32-14-20-39-17-3-6-25-45(39)50)53-34-33-41(36-54(53)55)47-26-7-8-27-48(47)49-31-13-19-38-16-2-5-24-44(38)49/h1-36H. The summed E-state index contributed by atoms with van der Waals surface area (Å²) in [5.74, 6) is 0. The second-order valence-corrected chi connectivity index (χ2v) is 14.8. The molecule has 260 valence electrons. The molecule has 0 spiro atoms. The third-order valence-electron chi connectivity index (χ3n) is 11.7. The van der Waals surface area contributed by atoms with E-state index in [1.807, 2.05) is 0 Å². The minimum atomic E-state index is 1.20. The van der Waals surface area contributed by atoms with Gasteiger partial charge in [0.25, 0.3) is 0 Å². The third-order valence-corrected chi connectivity index (χ3v) is 11.7. The van der Waals surface area contributed by atoms with Crippen LogP contribution in [-0.2, 0) is 0 Å². The van der Waals surface area contributed by atoms with Gasteiger partial charge in [0, 0.05) is 0 Å². The van der Waals surface area contributed by atoms with Crippen LogP contribution in [0.3, 0.4) is 0 Å². The molecule has 0 radical (unpaired) electrons. The van der Waals surface area contributed by atoms with E-state index in [1.54, 1.807) is 0 Å². The molecule has 0 unspecified atom stereocenters. The highest BCUT2D eigenvalue weighted by Gasteiger charge is 2.20. The van der Waals surface area contributed by atoms with E-state index < -0.39 is 0 Å². The van der Waals surface area contributed by atoms with Gasteiger partial charge in [0.2, 0.25) is 0 Å². The van der Waals surface area contributed by atoms with Gasteiger partial charge in [-0.2, -0.15) is 0 Å². The largest absolute Gasteiger partial charge is 0.0616 e. The van der Waals surface area contributed by atoms with Crippen LogP contribution < -0.4 is 0 Å². The van der Waals surface area contributed by atoms with Gasteiger partial charge in [0.05, 0.1) is 0 Å².